The largest absolute Gasteiger partial charge is 0.508 e. The summed E-state index contributed by atoms with van der Waals surface area (Å²) in [5.41, 5.74) is 0.708. The van der Waals surface area contributed by atoms with Crippen LogP contribution in [0.25, 0.3) is 0 Å². The number of hydrogen-bond donors (Lipinski definition) is 2. The normalized spacial score (nSPS) is 16.5. The zero-order valence-electron chi connectivity index (χ0n) is 8.98. The number of phenolic OH excluding ortho intramolecular Hbond substituents is 1. The number of hydrogen-bond acceptors (Lipinski definition) is 3. The molecule has 0 saturated carbocycles. The molecule has 2 N–H and O–H groups in total. The Hall–Kier alpha value is -0.870. The smallest absolute Gasteiger partial charge is 0.166 e. The molecule has 0 unspecified atom stereocenters. The van der Waals surface area contributed by atoms with Crippen molar-refractivity contribution in [2.75, 3.05) is 13.1 Å². The van der Waals surface area contributed by atoms with Crippen LogP contribution in [0.2, 0.25) is 0 Å². The van der Waals surface area contributed by atoms with Gasteiger partial charge in [-0.15, -0.1) is 17.0 Å². The Kier molecular flexibility index (Phi) is 4.96. The molecule has 2 rings (SSSR count). The van der Waals surface area contributed by atoms with E-state index in [9.17, 15) is 4.79 Å². The van der Waals surface area contributed by atoms with E-state index in [1.807, 2.05) is 0 Å². The quantitative estimate of drug-likeness (QED) is 0.819. The number of halogens is 1. The maximum absolute atomic E-state index is 12.0. The van der Waals surface area contributed by atoms with Crippen LogP contribution < -0.4 is 5.32 Å². The van der Waals surface area contributed by atoms with Gasteiger partial charge in [-0.05, 0) is 50.2 Å². The molecule has 0 radical (unpaired) electrons. The summed E-state index contributed by atoms with van der Waals surface area (Å²) < 4.78 is 0. The number of benzene rings is 1. The molecule has 1 saturated heterocycles. The molecule has 3 nitrogen and oxygen atoms in total. The minimum absolute atomic E-state index is 0. The van der Waals surface area contributed by atoms with Crippen LogP contribution in [0, 0.1) is 5.92 Å². The molecule has 1 aromatic rings. The number of phenols is 1. The monoisotopic (exact) mass is 285 g/mol. The minimum atomic E-state index is 0. The third-order valence-electron chi connectivity index (χ3n) is 2.86. The summed E-state index contributed by atoms with van der Waals surface area (Å²) in [5, 5.41) is 12.4. The minimum Gasteiger partial charge on any atom is -0.508 e. The number of nitrogens with one attached hydrogen (secondary N) is 1. The summed E-state index contributed by atoms with van der Waals surface area (Å²) in [5.74, 6) is 0.559. The molecule has 0 aromatic heterocycles. The maximum atomic E-state index is 12.0. The summed E-state index contributed by atoms with van der Waals surface area (Å²) in [4.78, 5) is 12.0. The van der Waals surface area contributed by atoms with Gasteiger partial charge < -0.3 is 10.4 Å². The fourth-order valence-corrected chi connectivity index (χ4v) is 1.95. The van der Waals surface area contributed by atoms with Gasteiger partial charge in [-0.3, -0.25) is 4.79 Å². The Morgan fingerprint density at radius 3 is 2.31 bits per heavy atom. The van der Waals surface area contributed by atoms with Crippen LogP contribution in [0.3, 0.4) is 0 Å². The molecule has 0 spiro atoms. The number of rotatable bonds is 2. The van der Waals surface area contributed by atoms with E-state index in [2.05, 4.69) is 5.32 Å². The zero-order chi connectivity index (χ0) is 10.7. The Bertz CT molecular complexity index is 345. The topological polar surface area (TPSA) is 49.3 Å². The molecular formula is C12H16BrNO2. The first-order chi connectivity index (χ1) is 7.27. The van der Waals surface area contributed by atoms with Gasteiger partial charge in [-0.1, -0.05) is 0 Å². The Balaban J connectivity index is 0.00000128. The van der Waals surface area contributed by atoms with Gasteiger partial charge in [0.1, 0.15) is 5.75 Å². The van der Waals surface area contributed by atoms with Crippen molar-refractivity contribution < 1.29 is 9.90 Å². The summed E-state index contributed by atoms with van der Waals surface area (Å²) in [6, 6.07) is 6.52. The van der Waals surface area contributed by atoms with Gasteiger partial charge in [0.25, 0.3) is 0 Å². The molecule has 0 atom stereocenters. The predicted octanol–water partition coefficient (Wildman–Crippen LogP) is 2.15. The fourth-order valence-electron chi connectivity index (χ4n) is 1.95. The van der Waals surface area contributed by atoms with Crippen molar-refractivity contribution in [3.63, 3.8) is 0 Å². The summed E-state index contributed by atoms with van der Waals surface area (Å²) in [6.07, 6.45) is 1.83. The van der Waals surface area contributed by atoms with Gasteiger partial charge in [0.15, 0.2) is 5.78 Å². The van der Waals surface area contributed by atoms with Crippen LogP contribution in [0.4, 0.5) is 0 Å². The molecule has 0 bridgehead atoms. The molecule has 1 fully saturated rings. The lowest BCUT2D eigenvalue weighted by atomic mass is 9.90. The lowest BCUT2D eigenvalue weighted by Gasteiger charge is -2.21. The summed E-state index contributed by atoms with van der Waals surface area (Å²) in [7, 11) is 0. The highest BCUT2D eigenvalue weighted by atomic mass is 79.9. The predicted molar refractivity (Wildman–Crippen MR) is 68.4 cm³/mol. The van der Waals surface area contributed by atoms with E-state index in [0.29, 0.717) is 5.56 Å². The van der Waals surface area contributed by atoms with Crippen LogP contribution >= 0.6 is 17.0 Å². The standard InChI is InChI=1S/C12H15NO2.BrH/c14-11-3-1-9(2-4-11)12(15)10-5-7-13-8-6-10;/h1-4,10,13-14H,5-8H2;1H. The molecule has 0 aliphatic carbocycles. The number of Topliss-reactive ketones (excluding diaryl/α,β-unsaturated/α-hetero) is 1. The second-order valence-corrected chi connectivity index (χ2v) is 3.94. The highest BCUT2D eigenvalue weighted by molar-refractivity contribution is 8.93. The molecule has 4 heteroatoms. The number of carbonyl (C=O) groups is 1. The fraction of sp³-hybridized carbons (Fsp3) is 0.417. The second kappa shape index (κ2) is 6.01. The second-order valence-electron chi connectivity index (χ2n) is 3.94. The summed E-state index contributed by atoms with van der Waals surface area (Å²) in [6.45, 7) is 1.85. The Labute approximate surface area is 106 Å². The van der Waals surface area contributed by atoms with Crippen molar-refractivity contribution in [2.45, 2.75) is 12.8 Å². The van der Waals surface area contributed by atoms with Crippen molar-refractivity contribution in [3.8, 4) is 5.75 Å². The van der Waals surface area contributed by atoms with E-state index in [-0.39, 0.29) is 34.4 Å². The van der Waals surface area contributed by atoms with E-state index < -0.39 is 0 Å². The average molecular weight is 286 g/mol. The average Bonchev–Trinajstić information content (AvgIpc) is 2.30. The van der Waals surface area contributed by atoms with Crippen molar-refractivity contribution in [2.24, 2.45) is 5.92 Å². The number of piperidine rings is 1. The first-order valence-electron chi connectivity index (χ1n) is 5.31. The Morgan fingerprint density at radius 2 is 1.75 bits per heavy atom. The lowest BCUT2D eigenvalue weighted by Crippen LogP contribution is -2.31. The molecule has 1 aliphatic heterocycles. The van der Waals surface area contributed by atoms with Crippen molar-refractivity contribution in [3.05, 3.63) is 29.8 Å². The van der Waals surface area contributed by atoms with Crippen LogP contribution in [-0.4, -0.2) is 24.0 Å². The molecule has 0 amide bonds. The molecular weight excluding hydrogens is 270 g/mol. The van der Waals surface area contributed by atoms with E-state index in [0.717, 1.165) is 25.9 Å². The maximum Gasteiger partial charge on any atom is 0.166 e. The SMILES string of the molecule is Br.O=C(c1ccc(O)cc1)C1CCNCC1. The van der Waals surface area contributed by atoms with Crippen molar-refractivity contribution in [1.29, 1.82) is 0 Å². The highest BCUT2D eigenvalue weighted by Crippen LogP contribution is 2.19. The first-order valence-corrected chi connectivity index (χ1v) is 5.31. The number of carbonyl (C=O) groups excluding carboxylic acids is 1. The Morgan fingerprint density at radius 1 is 1.19 bits per heavy atom. The molecule has 88 valence electrons. The van der Waals surface area contributed by atoms with Gasteiger partial charge in [-0.2, -0.15) is 0 Å². The molecule has 1 heterocycles. The van der Waals surface area contributed by atoms with Gasteiger partial charge in [-0.25, -0.2) is 0 Å². The van der Waals surface area contributed by atoms with Crippen LogP contribution in [0.5, 0.6) is 5.75 Å². The number of aromatic hydroxyl groups is 1. The highest BCUT2D eigenvalue weighted by Gasteiger charge is 2.21. The first kappa shape index (κ1) is 13.2. The van der Waals surface area contributed by atoms with Gasteiger partial charge >= 0.3 is 0 Å². The van der Waals surface area contributed by atoms with Crippen molar-refractivity contribution >= 4 is 22.8 Å². The number of ketones is 1. The lowest BCUT2D eigenvalue weighted by molar-refractivity contribution is 0.0895. The van der Waals surface area contributed by atoms with E-state index in [1.54, 1.807) is 24.3 Å². The van der Waals surface area contributed by atoms with Crippen LogP contribution in [0.1, 0.15) is 23.2 Å². The van der Waals surface area contributed by atoms with Gasteiger partial charge in [0, 0.05) is 11.5 Å². The van der Waals surface area contributed by atoms with E-state index >= 15 is 0 Å². The van der Waals surface area contributed by atoms with Gasteiger partial charge in [0.05, 0.1) is 0 Å². The summed E-state index contributed by atoms with van der Waals surface area (Å²) >= 11 is 0. The molecule has 1 aromatic carbocycles. The van der Waals surface area contributed by atoms with Crippen LogP contribution in [0.15, 0.2) is 24.3 Å². The van der Waals surface area contributed by atoms with Gasteiger partial charge in [0.2, 0.25) is 0 Å². The zero-order valence-corrected chi connectivity index (χ0v) is 10.7. The molecule has 1 aliphatic rings. The van der Waals surface area contributed by atoms with Crippen LogP contribution in [-0.2, 0) is 0 Å². The van der Waals surface area contributed by atoms with E-state index in [4.69, 9.17) is 5.11 Å². The molecule has 16 heavy (non-hydrogen) atoms. The third-order valence-corrected chi connectivity index (χ3v) is 2.86. The van der Waals surface area contributed by atoms with Crippen molar-refractivity contribution in [1.82, 2.24) is 5.32 Å². The third kappa shape index (κ3) is 3.06. The van der Waals surface area contributed by atoms with E-state index in [1.165, 1.54) is 0 Å².